The number of para-hydroxylation sites is 1. The molecule has 1 heterocycles. The summed E-state index contributed by atoms with van der Waals surface area (Å²) >= 11 is 1.49. The second kappa shape index (κ2) is 7.93. The fourth-order valence-corrected chi connectivity index (χ4v) is 3.32. The van der Waals surface area contributed by atoms with E-state index in [2.05, 4.69) is 16.3 Å². The van der Waals surface area contributed by atoms with Gasteiger partial charge in [0.2, 0.25) is 5.16 Å². The first-order valence-corrected chi connectivity index (χ1v) is 9.07. The molecule has 0 radical (unpaired) electrons. The smallest absolute Gasteiger partial charge is 0.210 e. The lowest BCUT2D eigenvalue weighted by atomic mass is 10.1. The number of aryl methyl sites for hydroxylation is 2. The van der Waals surface area contributed by atoms with Crippen molar-refractivity contribution in [1.82, 2.24) is 14.9 Å². The number of nitrogens with zero attached hydrogens (tertiary/aromatic N) is 4. The maximum Gasteiger partial charge on any atom is 0.210 e. The molecule has 1 aromatic heterocycles. The minimum absolute atomic E-state index is 0.257. The monoisotopic (exact) mass is 365 g/mol. The minimum Gasteiger partial charge on any atom is -0.485 e. The zero-order chi connectivity index (χ0) is 18.5. The zero-order valence-corrected chi connectivity index (χ0v) is 15.5. The summed E-state index contributed by atoms with van der Waals surface area (Å²) in [7, 11) is 0. The van der Waals surface area contributed by atoms with Crippen LogP contribution in [0.3, 0.4) is 0 Å². The number of nitriles is 1. The van der Waals surface area contributed by atoms with Crippen molar-refractivity contribution >= 4 is 11.8 Å². The van der Waals surface area contributed by atoms with Gasteiger partial charge in [0.25, 0.3) is 0 Å². The van der Waals surface area contributed by atoms with Crippen molar-refractivity contribution in [3.8, 4) is 11.8 Å². The molecule has 3 aromatic rings. The van der Waals surface area contributed by atoms with Crippen LogP contribution in [-0.4, -0.2) is 14.9 Å². The van der Waals surface area contributed by atoms with Crippen LogP contribution in [0.25, 0.3) is 0 Å². The van der Waals surface area contributed by atoms with Gasteiger partial charge in [0.15, 0.2) is 5.82 Å². The first-order chi connectivity index (χ1) is 12.6. The molecule has 6 nitrogen and oxygen atoms in total. The summed E-state index contributed by atoms with van der Waals surface area (Å²) in [6.07, 6.45) is 0. The van der Waals surface area contributed by atoms with Crippen molar-refractivity contribution in [3.63, 3.8) is 0 Å². The zero-order valence-electron chi connectivity index (χ0n) is 14.6. The highest BCUT2D eigenvalue weighted by Gasteiger charge is 2.12. The van der Waals surface area contributed by atoms with Crippen molar-refractivity contribution in [3.05, 3.63) is 70.5 Å². The molecule has 0 saturated carbocycles. The number of hydrogen-bond donors (Lipinski definition) is 1. The van der Waals surface area contributed by atoms with Gasteiger partial charge in [0, 0.05) is 5.75 Å². The molecule has 0 saturated heterocycles. The van der Waals surface area contributed by atoms with E-state index in [4.69, 9.17) is 15.8 Å². The highest BCUT2D eigenvalue weighted by atomic mass is 32.2. The number of nitrogens with two attached hydrogens (primary N) is 1. The van der Waals surface area contributed by atoms with Gasteiger partial charge in [-0.3, -0.25) is 0 Å². The largest absolute Gasteiger partial charge is 0.485 e. The van der Waals surface area contributed by atoms with Gasteiger partial charge in [0.05, 0.1) is 11.6 Å². The van der Waals surface area contributed by atoms with Crippen LogP contribution in [0.4, 0.5) is 0 Å². The molecule has 7 heteroatoms. The molecule has 0 aliphatic rings. The second-order valence-electron chi connectivity index (χ2n) is 5.88. The maximum atomic E-state index is 8.84. The minimum atomic E-state index is 0.257. The third kappa shape index (κ3) is 3.98. The average Bonchev–Trinajstić information content (AvgIpc) is 3.00. The van der Waals surface area contributed by atoms with E-state index in [1.165, 1.54) is 16.4 Å². The number of benzene rings is 2. The van der Waals surface area contributed by atoms with Crippen molar-refractivity contribution in [2.45, 2.75) is 31.4 Å². The van der Waals surface area contributed by atoms with E-state index in [0.717, 1.165) is 22.4 Å². The van der Waals surface area contributed by atoms with Crippen LogP contribution in [0.1, 0.15) is 28.1 Å². The molecule has 0 unspecified atom stereocenters. The Morgan fingerprint density at radius 3 is 2.46 bits per heavy atom. The molecule has 2 aromatic carbocycles. The third-order valence-corrected chi connectivity index (χ3v) is 4.95. The lowest BCUT2D eigenvalue weighted by Crippen LogP contribution is -2.16. The third-order valence-electron chi connectivity index (χ3n) is 3.94. The van der Waals surface area contributed by atoms with Crippen LogP contribution >= 0.6 is 11.8 Å². The number of ether oxygens (including phenoxy) is 1. The molecular weight excluding hydrogens is 346 g/mol. The molecular formula is C19H19N5OS. The average molecular weight is 365 g/mol. The fourth-order valence-electron chi connectivity index (χ4n) is 2.49. The Hall–Kier alpha value is -2.98. The number of nitrogen functional groups attached to an aromatic ring is 1. The second-order valence-corrected chi connectivity index (χ2v) is 6.82. The van der Waals surface area contributed by atoms with E-state index in [0.29, 0.717) is 22.3 Å². The Balaban J connectivity index is 1.63. The first-order valence-electron chi connectivity index (χ1n) is 8.08. The normalized spacial score (nSPS) is 10.5. The Kier molecular flexibility index (Phi) is 5.44. The summed E-state index contributed by atoms with van der Waals surface area (Å²) in [5.74, 6) is 8.21. The molecule has 0 spiro atoms. The molecule has 0 atom stereocenters. The van der Waals surface area contributed by atoms with E-state index in [1.807, 2.05) is 44.2 Å². The van der Waals surface area contributed by atoms with Crippen LogP contribution < -0.4 is 10.6 Å². The Morgan fingerprint density at radius 1 is 1.12 bits per heavy atom. The van der Waals surface area contributed by atoms with Crippen LogP contribution in [0.5, 0.6) is 5.75 Å². The fraction of sp³-hybridized carbons (Fsp3) is 0.211. The predicted molar refractivity (Wildman–Crippen MR) is 101 cm³/mol. The highest BCUT2D eigenvalue weighted by molar-refractivity contribution is 7.98. The lowest BCUT2D eigenvalue weighted by Gasteiger charge is -2.11. The van der Waals surface area contributed by atoms with Gasteiger partial charge in [-0.05, 0) is 42.7 Å². The first kappa shape index (κ1) is 17.8. The Labute approximate surface area is 156 Å². The number of hydrogen-bond acceptors (Lipinski definition) is 6. The van der Waals surface area contributed by atoms with Gasteiger partial charge in [0.1, 0.15) is 12.4 Å². The molecule has 2 N–H and O–H groups in total. The molecule has 0 amide bonds. The SMILES string of the molecule is Cc1cccc(C)c1OCc1nnc(SCc2ccc(C#N)cc2)n1N. The number of thioether (sulfide) groups is 1. The van der Waals surface area contributed by atoms with Gasteiger partial charge in [-0.1, -0.05) is 42.1 Å². The molecule has 0 aliphatic carbocycles. The summed E-state index contributed by atoms with van der Waals surface area (Å²) in [5.41, 5.74) is 3.88. The van der Waals surface area contributed by atoms with E-state index >= 15 is 0 Å². The lowest BCUT2D eigenvalue weighted by molar-refractivity contribution is 0.288. The Bertz CT molecular complexity index is 923. The van der Waals surface area contributed by atoms with Gasteiger partial charge in [-0.15, -0.1) is 10.2 Å². The topological polar surface area (TPSA) is 89.8 Å². The number of aromatic nitrogens is 3. The van der Waals surface area contributed by atoms with E-state index in [-0.39, 0.29) is 6.61 Å². The quantitative estimate of drug-likeness (QED) is 0.532. The van der Waals surface area contributed by atoms with Crippen molar-refractivity contribution in [1.29, 1.82) is 5.26 Å². The van der Waals surface area contributed by atoms with E-state index in [1.54, 1.807) is 12.1 Å². The molecule has 0 bridgehead atoms. The van der Waals surface area contributed by atoms with Crippen LogP contribution in [0.2, 0.25) is 0 Å². The van der Waals surface area contributed by atoms with Crippen LogP contribution in [0.15, 0.2) is 47.6 Å². The maximum absolute atomic E-state index is 8.84. The van der Waals surface area contributed by atoms with Gasteiger partial charge < -0.3 is 10.6 Å². The summed E-state index contributed by atoms with van der Waals surface area (Å²) in [5, 5.41) is 17.7. The van der Waals surface area contributed by atoms with Gasteiger partial charge in [-0.25, -0.2) is 4.68 Å². The van der Waals surface area contributed by atoms with Crippen molar-refractivity contribution < 1.29 is 4.74 Å². The van der Waals surface area contributed by atoms with Crippen LogP contribution in [0, 0.1) is 25.2 Å². The van der Waals surface area contributed by atoms with Gasteiger partial charge >= 0.3 is 0 Å². The molecule has 0 fully saturated rings. The summed E-state index contributed by atoms with van der Waals surface area (Å²) < 4.78 is 7.35. The standard InChI is InChI=1S/C19H19N5OS/c1-13-4-3-5-14(2)18(13)25-11-17-22-23-19(24(17)21)26-12-16-8-6-15(10-20)7-9-16/h3-9H,11-12,21H2,1-2H3. The summed E-state index contributed by atoms with van der Waals surface area (Å²) in [6, 6.07) is 15.6. The molecule has 26 heavy (non-hydrogen) atoms. The molecule has 0 aliphatic heterocycles. The summed E-state index contributed by atoms with van der Waals surface area (Å²) in [6.45, 7) is 4.27. The van der Waals surface area contributed by atoms with E-state index in [9.17, 15) is 0 Å². The van der Waals surface area contributed by atoms with Crippen molar-refractivity contribution in [2.24, 2.45) is 0 Å². The van der Waals surface area contributed by atoms with Gasteiger partial charge in [-0.2, -0.15) is 5.26 Å². The Morgan fingerprint density at radius 2 is 1.81 bits per heavy atom. The molecule has 132 valence electrons. The predicted octanol–water partition coefficient (Wildman–Crippen LogP) is 3.35. The molecule has 3 rings (SSSR count). The van der Waals surface area contributed by atoms with Crippen molar-refractivity contribution in [2.75, 3.05) is 5.84 Å². The van der Waals surface area contributed by atoms with E-state index < -0.39 is 0 Å². The number of rotatable bonds is 6. The van der Waals surface area contributed by atoms with Crippen LogP contribution in [-0.2, 0) is 12.4 Å². The highest BCUT2D eigenvalue weighted by Crippen LogP contribution is 2.24. The summed E-state index contributed by atoms with van der Waals surface area (Å²) in [4.78, 5) is 0.